The van der Waals surface area contributed by atoms with Crippen LogP contribution in [0.5, 0.6) is 5.75 Å². The van der Waals surface area contributed by atoms with Crippen molar-refractivity contribution < 1.29 is 74.0 Å². The van der Waals surface area contributed by atoms with Crippen molar-refractivity contribution in [1.29, 1.82) is 0 Å². The molecule has 2 aromatic carbocycles. The van der Waals surface area contributed by atoms with E-state index in [1.807, 2.05) is 72.8 Å². The number of hydrogen-bond acceptors (Lipinski definition) is 6. The van der Waals surface area contributed by atoms with Crippen LogP contribution < -0.4 is 74.0 Å². The molecule has 0 saturated heterocycles. The summed E-state index contributed by atoms with van der Waals surface area (Å²) in [5.41, 5.74) is 7.13. The monoisotopic (exact) mass is 611 g/mol. The van der Waals surface area contributed by atoms with Crippen molar-refractivity contribution in [2.24, 2.45) is 0 Å². The van der Waals surface area contributed by atoms with Crippen molar-refractivity contribution in [1.82, 2.24) is 24.9 Å². The van der Waals surface area contributed by atoms with Gasteiger partial charge in [-0.2, -0.15) is 0 Å². The minimum Gasteiger partial charge on any atom is -0.872 e. The van der Waals surface area contributed by atoms with Crippen molar-refractivity contribution in [3.8, 4) is 62.2 Å². The Kier molecular flexibility index (Phi) is 8.43. The van der Waals surface area contributed by atoms with Crippen molar-refractivity contribution in [3.63, 3.8) is 0 Å². The first-order chi connectivity index (χ1) is 18.2. The minimum atomic E-state index is -0.0484. The second-order valence-electron chi connectivity index (χ2n) is 8.43. The average Bonchev–Trinajstić information content (AvgIpc) is 2.98. The SMILES string of the molecule is [Cs+].[O-]c1ccccc1-c1cccc(-c2cccc(-c3cc(-c4cccnc4)nc(-c4cccnc4)n3)c2)n1. The molecule has 6 aromatic rings. The van der Waals surface area contributed by atoms with Crippen LogP contribution >= 0.6 is 0 Å². The maximum absolute atomic E-state index is 12.3. The zero-order chi connectivity index (χ0) is 25.0. The number of hydrogen-bond donors (Lipinski definition) is 0. The minimum absolute atomic E-state index is 0. The molecular weight excluding hydrogens is 591 g/mol. The van der Waals surface area contributed by atoms with Gasteiger partial charge in [-0.1, -0.05) is 54.3 Å². The maximum Gasteiger partial charge on any atom is 1.00 e. The third-order valence-corrected chi connectivity index (χ3v) is 5.97. The van der Waals surface area contributed by atoms with Crippen LogP contribution in [0.2, 0.25) is 0 Å². The summed E-state index contributed by atoms with van der Waals surface area (Å²) in [6.07, 6.45) is 7.01. The van der Waals surface area contributed by atoms with Gasteiger partial charge in [0.15, 0.2) is 5.82 Å². The Bertz CT molecular complexity index is 1640. The predicted molar refractivity (Wildman–Crippen MR) is 142 cm³/mol. The molecular formula is C31H20CsN5O. The predicted octanol–water partition coefficient (Wildman–Crippen LogP) is 3.07. The van der Waals surface area contributed by atoms with Crippen LogP contribution in [0.1, 0.15) is 0 Å². The first-order valence-corrected chi connectivity index (χ1v) is 11.8. The van der Waals surface area contributed by atoms with Crippen molar-refractivity contribution in [3.05, 3.63) is 122 Å². The van der Waals surface area contributed by atoms with Crippen molar-refractivity contribution >= 4 is 0 Å². The van der Waals surface area contributed by atoms with Crippen LogP contribution in [0.15, 0.2) is 122 Å². The molecule has 4 aromatic heterocycles. The number of pyridine rings is 3. The Morgan fingerprint density at radius 3 is 1.79 bits per heavy atom. The standard InChI is InChI=1S/C31H21N5O.Cs/c37-30-14-2-1-11-25(30)27-13-4-12-26(34-27)21-7-3-8-22(17-21)28-18-29(23-9-5-15-32-19-23)36-31(35-28)24-10-6-16-33-20-24;/h1-20,37H;/q;+1/p-1. The molecule has 0 N–H and O–H groups in total. The molecule has 0 radical (unpaired) electrons. The first-order valence-electron chi connectivity index (χ1n) is 11.8. The van der Waals surface area contributed by atoms with Gasteiger partial charge in [0.25, 0.3) is 0 Å². The Labute approximate surface area is 279 Å². The van der Waals surface area contributed by atoms with E-state index in [1.54, 1.807) is 43.0 Å². The van der Waals surface area contributed by atoms with E-state index in [-0.39, 0.29) is 74.6 Å². The van der Waals surface area contributed by atoms with Gasteiger partial charge in [0.2, 0.25) is 0 Å². The molecule has 4 heterocycles. The number of rotatable bonds is 5. The summed E-state index contributed by atoms with van der Waals surface area (Å²) in [4.78, 5) is 23.0. The summed E-state index contributed by atoms with van der Waals surface area (Å²) >= 11 is 0. The molecule has 0 amide bonds. The van der Waals surface area contributed by atoms with Crippen LogP contribution in [0.25, 0.3) is 56.4 Å². The molecule has 0 aliphatic heterocycles. The van der Waals surface area contributed by atoms with Gasteiger partial charge in [0.1, 0.15) is 0 Å². The van der Waals surface area contributed by atoms with Crippen LogP contribution in [0.4, 0.5) is 0 Å². The molecule has 0 bridgehead atoms. The summed E-state index contributed by atoms with van der Waals surface area (Å²) < 4.78 is 0. The third kappa shape index (κ3) is 5.78. The van der Waals surface area contributed by atoms with E-state index in [0.717, 1.165) is 39.3 Å². The van der Waals surface area contributed by atoms with E-state index < -0.39 is 0 Å². The largest absolute Gasteiger partial charge is 1.00 e. The Hall–Kier alpha value is -3.18. The second-order valence-corrected chi connectivity index (χ2v) is 8.43. The Morgan fingerprint density at radius 1 is 0.474 bits per heavy atom. The summed E-state index contributed by atoms with van der Waals surface area (Å²) in [6, 6.07) is 30.4. The second kappa shape index (κ2) is 12.1. The van der Waals surface area contributed by atoms with E-state index in [1.165, 1.54) is 0 Å². The summed E-state index contributed by atoms with van der Waals surface area (Å²) in [5.74, 6) is 0.537. The molecule has 38 heavy (non-hydrogen) atoms. The molecule has 176 valence electrons. The van der Waals surface area contributed by atoms with Crippen LogP contribution in [0, 0.1) is 0 Å². The van der Waals surface area contributed by atoms with Gasteiger partial charge in [0, 0.05) is 47.0 Å². The first kappa shape index (κ1) is 26.4. The number of nitrogens with zero attached hydrogens (tertiary/aromatic N) is 5. The van der Waals surface area contributed by atoms with E-state index in [4.69, 9.17) is 15.0 Å². The summed E-state index contributed by atoms with van der Waals surface area (Å²) in [5, 5.41) is 12.3. The van der Waals surface area contributed by atoms with Crippen LogP contribution in [-0.2, 0) is 0 Å². The fourth-order valence-corrected chi connectivity index (χ4v) is 4.14. The fraction of sp³-hybridized carbons (Fsp3) is 0. The van der Waals surface area contributed by atoms with Gasteiger partial charge in [-0.05, 0) is 54.1 Å². The number of para-hydroxylation sites is 1. The van der Waals surface area contributed by atoms with Crippen molar-refractivity contribution in [2.45, 2.75) is 0 Å². The maximum atomic E-state index is 12.3. The van der Waals surface area contributed by atoms with Gasteiger partial charge in [-0.25, -0.2) is 15.0 Å². The van der Waals surface area contributed by atoms with Crippen molar-refractivity contribution in [2.75, 3.05) is 0 Å². The van der Waals surface area contributed by atoms with E-state index in [0.29, 0.717) is 17.1 Å². The molecule has 0 atom stereocenters. The van der Waals surface area contributed by atoms with E-state index in [2.05, 4.69) is 16.0 Å². The zero-order valence-electron chi connectivity index (χ0n) is 20.7. The number of aromatic nitrogens is 5. The number of benzene rings is 2. The molecule has 0 fully saturated rings. The van der Waals surface area contributed by atoms with E-state index >= 15 is 0 Å². The Morgan fingerprint density at radius 2 is 1.08 bits per heavy atom. The third-order valence-electron chi connectivity index (χ3n) is 5.97. The van der Waals surface area contributed by atoms with Crippen LogP contribution in [0.3, 0.4) is 0 Å². The van der Waals surface area contributed by atoms with Crippen LogP contribution in [-0.4, -0.2) is 24.9 Å². The molecule has 6 nitrogen and oxygen atoms in total. The van der Waals surface area contributed by atoms with Gasteiger partial charge in [-0.15, -0.1) is 0 Å². The van der Waals surface area contributed by atoms with Gasteiger partial charge in [0.05, 0.1) is 22.8 Å². The summed E-state index contributed by atoms with van der Waals surface area (Å²) in [6.45, 7) is 0. The average molecular weight is 611 g/mol. The molecule has 0 aliphatic rings. The molecule has 0 unspecified atom stereocenters. The van der Waals surface area contributed by atoms with Gasteiger partial charge < -0.3 is 5.11 Å². The van der Waals surface area contributed by atoms with E-state index in [9.17, 15) is 5.11 Å². The van der Waals surface area contributed by atoms with Gasteiger partial charge in [-0.3, -0.25) is 9.97 Å². The molecule has 6 rings (SSSR count). The zero-order valence-corrected chi connectivity index (χ0v) is 27.0. The van der Waals surface area contributed by atoms with Gasteiger partial charge >= 0.3 is 68.9 Å². The molecule has 0 saturated carbocycles. The molecule has 7 heteroatoms. The quantitative estimate of drug-likeness (QED) is 0.298. The smallest absolute Gasteiger partial charge is 0.872 e. The Balaban J connectivity index is 0.00000294. The molecule has 0 aliphatic carbocycles. The molecule has 0 spiro atoms. The topological polar surface area (TPSA) is 87.5 Å². The normalized spacial score (nSPS) is 10.5. The fourth-order valence-electron chi connectivity index (χ4n) is 4.14. The summed E-state index contributed by atoms with van der Waals surface area (Å²) in [7, 11) is 0.